The van der Waals surface area contributed by atoms with Crippen LogP contribution in [-0.4, -0.2) is 36.8 Å². The molecule has 114 valence electrons. The minimum absolute atomic E-state index is 0.0289. The van der Waals surface area contributed by atoms with Gasteiger partial charge in [-0.15, -0.1) is 0 Å². The first-order chi connectivity index (χ1) is 9.99. The zero-order valence-corrected chi connectivity index (χ0v) is 11.4. The molecule has 0 amide bonds. The Kier molecular flexibility index (Phi) is 3.80. The normalized spacial score (nSPS) is 18.2. The van der Waals surface area contributed by atoms with Crippen LogP contribution in [0, 0.1) is 0 Å². The molecule has 2 heterocycles. The Balaban J connectivity index is 1.55. The summed E-state index contributed by atoms with van der Waals surface area (Å²) in [7, 11) is 0. The van der Waals surface area contributed by atoms with Crippen LogP contribution >= 0.6 is 0 Å². The fraction of sp³-hybridized carbons (Fsp3) is 0.467. The van der Waals surface area contributed by atoms with Gasteiger partial charge in [0.05, 0.1) is 12.8 Å². The first kappa shape index (κ1) is 14.3. The van der Waals surface area contributed by atoms with E-state index in [0.717, 1.165) is 16.7 Å². The number of piperidine rings is 1. The smallest absolute Gasteiger partial charge is 0.401 e. The topological polar surface area (TPSA) is 25.6 Å². The van der Waals surface area contributed by atoms with Crippen LogP contribution in [0.3, 0.4) is 0 Å². The van der Waals surface area contributed by atoms with Gasteiger partial charge in [-0.2, -0.15) is 13.2 Å². The Morgan fingerprint density at radius 2 is 1.95 bits per heavy atom. The van der Waals surface area contributed by atoms with Gasteiger partial charge in [0, 0.05) is 18.5 Å². The summed E-state index contributed by atoms with van der Waals surface area (Å²) in [6.45, 7) is -0.00301. The third kappa shape index (κ3) is 3.69. The molecule has 1 fully saturated rings. The lowest BCUT2D eigenvalue weighted by Gasteiger charge is -2.32. The number of likely N-dealkylation sites (tertiary alicyclic amines) is 1. The molecule has 0 spiro atoms. The van der Waals surface area contributed by atoms with Crippen LogP contribution in [0.5, 0.6) is 5.75 Å². The Labute approximate surface area is 120 Å². The second-order valence-corrected chi connectivity index (χ2v) is 5.33. The molecule has 0 N–H and O–H groups in total. The van der Waals surface area contributed by atoms with Gasteiger partial charge in [-0.05, 0) is 37.1 Å². The fourth-order valence-corrected chi connectivity index (χ4v) is 2.65. The van der Waals surface area contributed by atoms with Gasteiger partial charge < -0.3 is 9.15 Å². The molecule has 1 aliphatic rings. The first-order valence-corrected chi connectivity index (χ1v) is 6.93. The molecule has 0 bridgehead atoms. The highest BCUT2D eigenvalue weighted by Gasteiger charge is 2.32. The molecule has 1 aromatic carbocycles. The lowest BCUT2D eigenvalue weighted by Crippen LogP contribution is -2.42. The molecule has 1 saturated heterocycles. The molecule has 21 heavy (non-hydrogen) atoms. The van der Waals surface area contributed by atoms with Crippen molar-refractivity contribution in [3.8, 4) is 5.75 Å². The molecule has 0 radical (unpaired) electrons. The van der Waals surface area contributed by atoms with Crippen molar-refractivity contribution in [2.24, 2.45) is 0 Å². The Bertz CT molecular complexity index is 600. The van der Waals surface area contributed by atoms with Crippen molar-refractivity contribution < 1.29 is 22.3 Å². The maximum Gasteiger partial charge on any atom is 0.401 e. The number of hydrogen-bond acceptors (Lipinski definition) is 3. The molecule has 0 unspecified atom stereocenters. The average Bonchev–Trinajstić information content (AvgIpc) is 2.87. The summed E-state index contributed by atoms with van der Waals surface area (Å²) >= 11 is 0. The third-order valence-electron chi connectivity index (χ3n) is 3.66. The van der Waals surface area contributed by atoms with Crippen molar-refractivity contribution in [1.82, 2.24) is 4.90 Å². The minimum Gasteiger partial charge on any atom is -0.490 e. The Morgan fingerprint density at radius 3 is 2.67 bits per heavy atom. The van der Waals surface area contributed by atoms with Crippen molar-refractivity contribution in [3.63, 3.8) is 0 Å². The number of benzene rings is 1. The molecule has 3 rings (SSSR count). The number of ether oxygens (including phenoxy) is 1. The van der Waals surface area contributed by atoms with E-state index in [1.807, 2.05) is 24.3 Å². The highest BCUT2D eigenvalue weighted by atomic mass is 19.4. The molecule has 1 aromatic heterocycles. The summed E-state index contributed by atoms with van der Waals surface area (Å²) in [5.41, 5.74) is 0.794. The molecule has 2 aromatic rings. The highest BCUT2D eigenvalue weighted by molar-refractivity contribution is 5.78. The summed E-state index contributed by atoms with van der Waals surface area (Å²) < 4.78 is 48.1. The van der Waals surface area contributed by atoms with E-state index in [2.05, 4.69) is 0 Å². The van der Waals surface area contributed by atoms with Gasteiger partial charge in [0.25, 0.3) is 0 Å². The molecular formula is C15H16F3NO2. The minimum atomic E-state index is -4.12. The Morgan fingerprint density at radius 1 is 1.19 bits per heavy atom. The fourth-order valence-electron chi connectivity index (χ4n) is 2.65. The SMILES string of the molecule is FC(F)(F)CN1CCC(Oc2ccc3occc3c2)CC1. The molecule has 1 aliphatic heterocycles. The summed E-state index contributed by atoms with van der Waals surface area (Å²) in [6, 6.07) is 7.41. The van der Waals surface area contributed by atoms with Crippen LogP contribution in [0.15, 0.2) is 34.9 Å². The number of furan rings is 1. The van der Waals surface area contributed by atoms with Gasteiger partial charge in [0.1, 0.15) is 17.4 Å². The van der Waals surface area contributed by atoms with E-state index < -0.39 is 12.7 Å². The maximum atomic E-state index is 12.3. The number of fused-ring (bicyclic) bond motifs is 1. The van der Waals surface area contributed by atoms with Gasteiger partial charge in [-0.25, -0.2) is 0 Å². The Hall–Kier alpha value is -1.69. The largest absolute Gasteiger partial charge is 0.490 e. The number of alkyl halides is 3. The molecule has 3 nitrogen and oxygen atoms in total. The number of rotatable bonds is 3. The lowest BCUT2D eigenvalue weighted by molar-refractivity contribution is -0.149. The molecule has 0 atom stereocenters. The van der Waals surface area contributed by atoms with Crippen LogP contribution in [-0.2, 0) is 0 Å². The van der Waals surface area contributed by atoms with Crippen LogP contribution in [0.1, 0.15) is 12.8 Å². The second-order valence-electron chi connectivity index (χ2n) is 5.33. The average molecular weight is 299 g/mol. The monoisotopic (exact) mass is 299 g/mol. The predicted molar refractivity (Wildman–Crippen MR) is 72.4 cm³/mol. The van der Waals surface area contributed by atoms with Gasteiger partial charge in [-0.3, -0.25) is 4.90 Å². The van der Waals surface area contributed by atoms with E-state index >= 15 is 0 Å². The zero-order chi connectivity index (χ0) is 14.9. The van der Waals surface area contributed by atoms with Crippen molar-refractivity contribution >= 4 is 11.0 Å². The van der Waals surface area contributed by atoms with E-state index in [4.69, 9.17) is 9.15 Å². The summed E-state index contributed by atoms with van der Waals surface area (Å²) in [4.78, 5) is 1.43. The van der Waals surface area contributed by atoms with Crippen molar-refractivity contribution in [2.75, 3.05) is 19.6 Å². The number of hydrogen-bond donors (Lipinski definition) is 0. The number of nitrogens with zero attached hydrogens (tertiary/aromatic N) is 1. The maximum absolute atomic E-state index is 12.3. The van der Waals surface area contributed by atoms with Gasteiger partial charge in [-0.1, -0.05) is 0 Å². The summed E-state index contributed by atoms with van der Waals surface area (Å²) in [5.74, 6) is 0.734. The van der Waals surface area contributed by atoms with Crippen LogP contribution in [0.4, 0.5) is 13.2 Å². The molecular weight excluding hydrogens is 283 g/mol. The van der Waals surface area contributed by atoms with Gasteiger partial charge in [0.2, 0.25) is 0 Å². The summed E-state index contributed by atoms with van der Waals surface area (Å²) in [5, 5.41) is 0.960. The lowest BCUT2D eigenvalue weighted by atomic mass is 10.1. The quantitative estimate of drug-likeness (QED) is 0.861. The molecule has 6 heteroatoms. The van der Waals surface area contributed by atoms with Crippen molar-refractivity contribution in [2.45, 2.75) is 25.1 Å². The third-order valence-corrected chi connectivity index (χ3v) is 3.66. The van der Waals surface area contributed by atoms with Crippen molar-refractivity contribution in [1.29, 1.82) is 0 Å². The van der Waals surface area contributed by atoms with Crippen molar-refractivity contribution in [3.05, 3.63) is 30.5 Å². The molecule has 0 saturated carbocycles. The molecule has 0 aliphatic carbocycles. The first-order valence-electron chi connectivity index (χ1n) is 6.93. The highest BCUT2D eigenvalue weighted by Crippen LogP contribution is 2.25. The zero-order valence-electron chi connectivity index (χ0n) is 11.4. The standard InChI is InChI=1S/C15H16F3NO2/c16-15(17,18)10-19-6-3-12(4-7-19)21-13-1-2-14-11(9-13)5-8-20-14/h1-2,5,8-9,12H,3-4,6-7,10H2. The number of halogens is 3. The summed E-state index contributed by atoms with van der Waals surface area (Å²) in [6.07, 6.45) is -1.32. The van der Waals surface area contributed by atoms with Crippen LogP contribution in [0.2, 0.25) is 0 Å². The predicted octanol–water partition coefficient (Wildman–Crippen LogP) is 3.84. The van der Waals surface area contributed by atoms with E-state index in [0.29, 0.717) is 25.9 Å². The van der Waals surface area contributed by atoms with E-state index in [-0.39, 0.29) is 6.10 Å². The van der Waals surface area contributed by atoms with Crippen LogP contribution < -0.4 is 4.74 Å². The second kappa shape index (κ2) is 5.60. The van der Waals surface area contributed by atoms with Gasteiger partial charge in [0.15, 0.2) is 0 Å². The van der Waals surface area contributed by atoms with E-state index in [9.17, 15) is 13.2 Å². The van der Waals surface area contributed by atoms with Gasteiger partial charge >= 0.3 is 6.18 Å². The van der Waals surface area contributed by atoms with Crippen LogP contribution in [0.25, 0.3) is 11.0 Å². The van der Waals surface area contributed by atoms with E-state index in [1.54, 1.807) is 6.26 Å². The van der Waals surface area contributed by atoms with E-state index in [1.165, 1.54) is 4.90 Å².